The summed E-state index contributed by atoms with van der Waals surface area (Å²) < 4.78 is 19.8. The first-order valence-corrected chi connectivity index (χ1v) is 20.0. The first-order valence-electron chi connectivity index (χ1n) is 15.0. The Morgan fingerprint density at radius 1 is 0.522 bits per heavy atom. The second-order valence-corrected chi connectivity index (χ2v) is 19.0. The van der Waals surface area contributed by atoms with E-state index in [1.54, 1.807) is 11.8 Å². The Kier molecular flexibility index (Phi) is 6.47. The Morgan fingerprint density at radius 2 is 1.13 bits per heavy atom. The minimum absolute atomic E-state index is 0.687. The Morgan fingerprint density at radius 3 is 1.85 bits per heavy atom. The zero-order valence-electron chi connectivity index (χ0n) is 24.5. The molecule has 3 heterocycles. The van der Waals surface area contributed by atoms with Crippen molar-refractivity contribution in [2.75, 3.05) is 0 Å². The van der Waals surface area contributed by atoms with Crippen molar-refractivity contribution in [3.63, 3.8) is 0 Å². The van der Waals surface area contributed by atoms with Gasteiger partial charge in [0.05, 0.1) is 11.0 Å². The van der Waals surface area contributed by atoms with Gasteiger partial charge in [0.25, 0.3) is 0 Å². The number of nitrogens with zero attached hydrogens (tertiary/aromatic N) is 3. The fraction of sp³-hybridized carbons (Fsp3) is 0. The number of fused-ring (bicyclic) bond motifs is 5. The minimum atomic E-state index is -3.96. The summed E-state index contributed by atoms with van der Waals surface area (Å²) in [7, 11) is 0. The first kappa shape index (κ1) is 27.4. The molecule has 0 N–H and O–H groups in total. The van der Waals surface area contributed by atoms with Crippen LogP contribution in [0.3, 0.4) is 0 Å². The van der Waals surface area contributed by atoms with E-state index in [-0.39, 0.29) is 0 Å². The Balaban J connectivity index is 1.04. The Hall–Kier alpha value is -4.92. The molecule has 46 heavy (non-hydrogen) atoms. The van der Waals surface area contributed by atoms with Gasteiger partial charge in [0.2, 0.25) is 0 Å². The molecule has 4 nitrogen and oxygen atoms in total. The molecule has 0 atom stereocenters. The molecule has 6 aromatic carbocycles. The molecule has 2 aromatic heterocycles. The van der Waals surface area contributed by atoms with Crippen molar-refractivity contribution < 1.29 is 3.07 Å². The predicted octanol–water partition coefficient (Wildman–Crippen LogP) is 10.7. The van der Waals surface area contributed by atoms with Gasteiger partial charge in [0.15, 0.2) is 0 Å². The van der Waals surface area contributed by atoms with Gasteiger partial charge in [-0.1, -0.05) is 30.3 Å². The third kappa shape index (κ3) is 4.28. The third-order valence-electron chi connectivity index (χ3n) is 8.55. The van der Waals surface area contributed by atoms with E-state index in [0.29, 0.717) is 5.82 Å². The second kappa shape index (κ2) is 10.9. The van der Waals surface area contributed by atoms with Crippen LogP contribution >= 0.6 is 30.2 Å². The van der Waals surface area contributed by atoms with Crippen molar-refractivity contribution in [3.8, 4) is 28.2 Å². The summed E-state index contributed by atoms with van der Waals surface area (Å²) in [5, 5.41) is 2.55. The summed E-state index contributed by atoms with van der Waals surface area (Å²) >= 11 is -2.15. The molecule has 0 saturated carbocycles. The maximum absolute atomic E-state index is 14.8. The summed E-state index contributed by atoms with van der Waals surface area (Å²) in [5.74, 6) is 0.687. The molecule has 220 valence electrons. The van der Waals surface area contributed by atoms with Crippen LogP contribution in [0.1, 0.15) is 0 Å². The first-order chi connectivity index (χ1) is 22.7. The van der Waals surface area contributed by atoms with Gasteiger partial charge in [-0.25, -0.2) is 0 Å². The molecule has 0 fully saturated rings. The van der Waals surface area contributed by atoms with E-state index in [4.69, 9.17) is 9.97 Å². The number of hydrogen-bond donors (Lipinski definition) is 0. The zero-order chi connectivity index (χ0) is 30.7. The van der Waals surface area contributed by atoms with Gasteiger partial charge in [-0.2, -0.15) is 0 Å². The van der Waals surface area contributed by atoms with Gasteiger partial charge in [0.1, 0.15) is 0 Å². The molecule has 0 amide bonds. The maximum atomic E-state index is 14.8. The molecule has 1 aliphatic heterocycles. The van der Waals surface area contributed by atoms with Crippen molar-refractivity contribution >= 4 is 52.0 Å². The SMILES string of the molecule is O=I(c1ccccc1)(c1ccccc1)c1ccc(-c2cnc(-c3ccc4c(c3)Sc3cccc5c6ccccc6n-4c35)nc2)cc1. The average molecular weight is 724 g/mol. The van der Waals surface area contributed by atoms with Crippen LogP contribution in [0.2, 0.25) is 0 Å². The molecule has 1 aliphatic rings. The van der Waals surface area contributed by atoms with Crippen LogP contribution in [0, 0.1) is 10.7 Å². The number of para-hydroxylation sites is 2. The van der Waals surface area contributed by atoms with Crippen LogP contribution in [0.5, 0.6) is 0 Å². The summed E-state index contributed by atoms with van der Waals surface area (Å²) in [6, 6.07) is 49.5. The van der Waals surface area contributed by atoms with Crippen LogP contribution in [0.15, 0.2) is 168 Å². The molecular formula is C40H26IN3OS. The van der Waals surface area contributed by atoms with Crippen LogP contribution < -0.4 is 0 Å². The Bertz CT molecular complexity index is 2410. The van der Waals surface area contributed by atoms with Crippen LogP contribution in [-0.4, -0.2) is 14.5 Å². The molecule has 0 radical (unpaired) electrons. The second-order valence-electron chi connectivity index (χ2n) is 11.2. The fourth-order valence-electron chi connectivity index (χ4n) is 6.37. The van der Waals surface area contributed by atoms with Gasteiger partial charge >= 0.3 is 203 Å². The van der Waals surface area contributed by atoms with Gasteiger partial charge in [-0.3, -0.25) is 0 Å². The number of hydrogen-bond acceptors (Lipinski definition) is 4. The molecule has 9 rings (SSSR count). The Labute approximate surface area is 274 Å². The van der Waals surface area contributed by atoms with E-state index < -0.39 is 18.4 Å². The summed E-state index contributed by atoms with van der Waals surface area (Å²) in [4.78, 5) is 12.0. The van der Waals surface area contributed by atoms with E-state index in [9.17, 15) is 3.07 Å². The third-order valence-corrected chi connectivity index (χ3v) is 17.1. The van der Waals surface area contributed by atoms with Crippen molar-refractivity contribution in [1.82, 2.24) is 14.5 Å². The standard InChI is InChI=1S/C40H26IN3OS/c45-41(30-10-3-1-4-11-30,31-12-5-2-6-13-31)32-21-18-27(19-22-32)29-25-42-40(43-26-29)28-20-23-36-38(24-28)46-37-17-9-15-34-33-14-7-8-16-35(33)44(36)39(34)37/h1-26H. The van der Waals surface area contributed by atoms with Crippen molar-refractivity contribution in [1.29, 1.82) is 0 Å². The molecule has 6 heteroatoms. The summed E-state index contributed by atoms with van der Waals surface area (Å²) in [6.45, 7) is 0. The average Bonchev–Trinajstić information content (AvgIpc) is 3.48. The van der Waals surface area contributed by atoms with Crippen LogP contribution in [0.4, 0.5) is 0 Å². The van der Waals surface area contributed by atoms with Gasteiger partial charge in [-0.15, -0.1) is 0 Å². The van der Waals surface area contributed by atoms with Crippen LogP contribution in [0.25, 0.3) is 50.0 Å². The van der Waals surface area contributed by atoms with Gasteiger partial charge in [-0.05, 0) is 12.1 Å². The van der Waals surface area contributed by atoms with Gasteiger partial charge in [0, 0.05) is 15.7 Å². The van der Waals surface area contributed by atoms with E-state index >= 15 is 0 Å². The normalized spacial score (nSPS) is 12.7. The molecule has 0 bridgehead atoms. The predicted molar refractivity (Wildman–Crippen MR) is 195 cm³/mol. The van der Waals surface area contributed by atoms with Crippen molar-refractivity contribution in [2.45, 2.75) is 9.79 Å². The fourth-order valence-corrected chi connectivity index (χ4v) is 13.9. The topological polar surface area (TPSA) is 47.8 Å². The molecule has 0 saturated heterocycles. The number of halogens is 1. The van der Waals surface area contributed by atoms with Crippen molar-refractivity contribution in [2.24, 2.45) is 0 Å². The van der Waals surface area contributed by atoms with E-state index in [1.807, 2.05) is 97.3 Å². The molecule has 0 aliphatic carbocycles. The summed E-state index contributed by atoms with van der Waals surface area (Å²) in [5.41, 5.74) is 6.55. The monoisotopic (exact) mass is 723 g/mol. The number of benzene rings is 6. The van der Waals surface area contributed by atoms with Crippen LogP contribution in [-0.2, 0) is 3.07 Å². The number of rotatable bonds is 5. The quantitative estimate of drug-likeness (QED) is 0.166. The van der Waals surface area contributed by atoms with Crippen molar-refractivity contribution in [3.05, 3.63) is 169 Å². The number of aromatic nitrogens is 3. The summed E-state index contributed by atoms with van der Waals surface area (Å²) in [6.07, 6.45) is 3.75. The molecule has 0 spiro atoms. The van der Waals surface area contributed by atoms with E-state index in [0.717, 1.165) is 27.4 Å². The van der Waals surface area contributed by atoms with E-state index in [1.165, 1.54) is 37.3 Å². The van der Waals surface area contributed by atoms with E-state index in [2.05, 4.69) is 65.2 Å². The molecule has 8 aromatic rings. The molecular weight excluding hydrogens is 697 g/mol. The van der Waals surface area contributed by atoms with Gasteiger partial charge < -0.3 is 4.57 Å². The zero-order valence-corrected chi connectivity index (χ0v) is 27.5. The molecule has 0 unspecified atom stereocenters.